The summed E-state index contributed by atoms with van der Waals surface area (Å²) in [6.45, 7) is 7.43. The third-order valence-electron chi connectivity index (χ3n) is 3.45. The van der Waals surface area contributed by atoms with E-state index in [1.54, 1.807) is 0 Å². The second kappa shape index (κ2) is 10.8. The zero-order valence-corrected chi connectivity index (χ0v) is 13.2. The number of rotatable bonds is 13. The Kier molecular flexibility index (Phi) is 10.3. The number of unbranched alkanes of at least 4 members (excludes halogenated alkanes) is 2. The molecule has 0 saturated heterocycles. The van der Waals surface area contributed by atoms with Gasteiger partial charge in [0.05, 0.1) is 6.42 Å². The first kappa shape index (κ1) is 19.1. The molecule has 0 aromatic carbocycles. The number of hydrogen-bond acceptors (Lipinski definition) is 3. The van der Waals surface area contributed by atoms with E-state index in [9.17, 15) is 9.59 Å². The Hall–Kier alpha value is -0.900. The van der Waals surface area contributed by atoms with E-state index in [-0.39, 0.29) is 17.8 Å². The first-order chi connectivity index (χ1) is 9.37. The monoisotopic (exact) mass is 286 g/mol. The zero-order valence-electron chi connectivity index (χ0n) is 13.2. The summed E-state index contributed by atoms with van der Waals surface area (Å²) in [5.74, 6) is -0.567. The SMILES string of the molecule is CC(C=O)CCCCOCCCCC(C)(C)CC(=O)O. The molecule has 1 unspecified atom stereocenters. The Bertz CT molecular complexity index is 274. The molecule has 0 saturated carbocycles. The lowest BCUT2D eigenvalue weighted by molar-refractivity contribution is -0.139. The van der Waals surface area contributed by atoms with E-state index in [0.717, 1.165) is 58.0 Å². The van der Waals surface area contributed by atoms with Crippen molar-refractivity contribution >= 4 is 12.3 Å². The molecule has 0 aromatic heterocycles. The van der Waals surface area contributed by atoms with Gasteiger partial charge in [0.25, 0.3) is 0 Å². The summed E-state index contributed by atoms with van der Waals surface area (Å²) in [6.07, 6.45) is 7.10. The van der Waals surface area contributed by atoms with Crippen molar-refractivity contribution in [2.24, 2.45) is 11.3 Å². The highest BCUT2D eigenvalue weighted by atomic mass is 16.5. The molecule has 4 nitrogen and oxygen atoms in total. The summed E-state index contributed by atoms with van der Waals surface area (Å²) in [7, 11) is 0. The van der Waals surface area contributed by atoms with Crippen molar-refractivity contribution in [3.63, 3.8) is 0 Å². The number of ether oxygens (including phenoxy) is 1. The van der Waals surface area contributed by atoms with Crippen LogP contribution in [0.5, 0.6) is 0 Å². The number of carboxylic acids is 1. The molecule has 0 aliphatic carbocycles. The molecule has 20 heavy (non-hydrogen) atoms. The van der Waals surface area contributed by atoms with Crippen LogP contribution >= 0.6 is 0 Å². The quantitative estimate of drug-likeness (QED) is 0.414. The van der Waals surface area contributed by atoms with E-state index >= 15 is 0 Å². The van der Waals surface area contributed by atoms with Crippen LogP contribution in [0.1, 0.15) is 65.7 Å². The van der Waals surface area contributed by atoms with Crippen LogP contribution in [0.3, 0.4) is 0 Å². The molecule has 0 heterocycles. The Balaban J connectivity index is 3.36. The predicted octanol–water partition coefficient (Wildman–Crippen LogP) is 3.68. The summed E-state index contributed by atoms with van der Waals surface area (Å²) in [4.78, 5) is 21.1. The number of aldehydes is 1. The van der Waals surface area contributed by atoms with Gasteiger partial charge in [0.15, 0.2) is 0 Å². The molecule has 0 aromatic rings. The Labute approximate surface area is 122 Å². The van der Waals surface area contributed by atoms with Crippen LogP contribution in [0.15, 0.2) is 0 Å². The second-order valence-electron chi connectivity index (χ2n) is 6.41. The average molecular weight is 286 g/mol. The van der Waals surface area contributed by atoms with Crippen molar-refractivity contribution in [1.29, 1.82) is 0 Å². The van der Waals surface area contributed by atoms with Gasteiger partial charge in [-0.25, -0.2) is 0 Å². The lowest BCUT2D eigenvalue weighted by Crippen LogP contribution is -2.16. The number of aliphatic carboxylic acids is 1. The molecular formula is C16H30O4. The number of hydrogen-bond donors (Lipinski definition) is 1. The van der Waals surface area contributed by atoms with Crippen molar-refractivity contribution in [1.82, 2.24) is 0 Å². The summed E-state index contributed by atoms with van der Waals surface area (Å²) >= 11 is 0. The van der Waals surface area contributed by atoms with Crippen LogP contribution in [0, 0.1) is 11.3 Å². The van der Waals surface area contributed by atoms with E-state index in [0.29, 0.717) is 0 Å². The highest BCUT2D eigenvalue weighted by Crippen LogP contribution is 2.27. The summed E-state index contributed by atoms with van der Waals surface area (Å²) in [5, 5.41) is 8.78. The van der Waals surface area contributed by atoms with Crippen LogP contribution < -0.4 is 0 Å². The van der Waals surface area contributed by atoms with Gasteiger partial charge in [0, 0.05) is 19.1 Å². The predicted molar refractivity (Wildman–Crippen MR) is 79.8 cm³/mol. The van der Waals surface area contributed by atoms with Gasteiger partial charge in [0.1, 0.15) is 6.29 Å². The van der Waals surface area contributed by atoms with E-state index in [2.05, 4.69) is 0 Å². The Morgan fingerprint density at radius 3 is 2.35 bits per heavy atom. The van der Waals surface area contributed by atoms with Crippen molar-refractivity contribution in [3.8, 4) is 0 Å². The molecular weight excluding hydrogens is 256 g/mol. The molecule has 0 aliphatic heterocycles. The van der Waals surface area contributed by atoms with Crippen molar-refractivity contribution < 1.29 is 19.4 Å². The molecule has 4 heteroatoms. The minimum Gasteiger partial charge on any atom is -0.481 e. The first-order valence-electron chi connectivity index (χ1n) is 7.62. The van der Waals surface area contributed by atoms with E-state index < -0.39 is 5.97 Å². The zero-order chi connectivity index (χ0) is 15.4. The topological polar surface area (TPSA) is 63.6 Å². The minimum absolute atomic E-state index is 0.128. The van der Waals surface area contributed by atoms with Crippen LogP contribution in [0.4, 0.5) is 0 Å². The maximum absolute atomic E-state index is 10.7. The van der Waals surface area contributed by atoms with Gasteiger partial charge in [-0.15, -0.1) is 0 Å². The summed E-state index contributed by atoms with van der Waals surface area (Å²) in [5.41, 5.74) is -0.128. The molecule has 1 atom stereocenters. The van der Waals surface area contributed by atoms with Crippen LogP contribution in [-0.4, -0.2) is 30.6 Å². The highest BCUT2D eigenvalue weighted by Gasteiger charge is 2.20. The van der Waals surface area contributed by atoms with Gasteiger partial charge in [-0.05, 0) is 31.1 Å². The fourth-order valence-corrected chi connectivity index (χ4v) is 2.15. The fraction of sp³-hybridized carbons (Fsp3) is 0.875. The van der Waals surface area contributed by atoms with Gasteiger partial charge in [0.2, 0.25) is 0 Å². The molecule has 0 spiro atoms. The molecule has 0 amide bonds. The summed E-state index contributed by atoms with van der Waals surface area (Å²) < 4.78 is 5.54. The molecule has 1 N–H and O–H groups in total. The van der Waals surface area contributed by atoms with Gasteiger partial charge in [-0.1, -0.05) is 33.6 Å². The first-order valence-corrected chi connectivity index (χ1v) is 7.62. The van der Waals surface area contributed by atoms with Crippen LogP contribution in [0.2, 0.25) is 0 Å². The number of carboxylic acid groups (broad SMARTS) is 1. The molecule has 0 aliphatic rings. The Morgan fingerprint density at radius 1 is 1.20 bits per heavy atom. The number of carbonyl (C=O) groups excluding carboxylic acids is 1. The third kappa shape index (κ3) is 12.2. The molecule has 0 radical (unpaired) electrons. The molecule has 0 rings (SSSR count). The Morgan fingerprint density at radius 2 is 1.80 bits per heavy atom. The minimum atomic E-state index is -0.726. The highest BCUT2D eigenvalue weighted by molar-refractivity contribution is 5.67. The van der Waals surface area contributed by atoms with E-state index in [1.165, 1.54) is 0 Å². The van der Waals surface area contributed by atoms with Crippen LogP contribution in [-0.2, 0) is 14.3 Å². The van der Waals surface area contributed by atoms with Crippen molar-refractivity contribution in [2.45, 2.75) is 65.7 Å². The van der Waals surface area contributed by atoms with Gasteiger partial charge < -0.3 is 14.6 Å². The largest absolute Gasteiger partial charge is 0.481 e. The summed E-state index contributed by atoms with van der Waals surface area (Å²) in [6, 6.07) is 0. The maximum Gasteiger partial charge on any atom is 0.303 e. The van der Waals surface area contributed by atoms with E-state index in [1.807, 2.05) is 20.8 Å². The van der Waals surface area contributed by atoms with E-state index in [4.69, 9.17) is 9.84 Å². The lowest BCUT2D eigenvalue weighted by Gasteiger charge is -2.21. The normalized spacial score (nSPS) is 13.2. The molecule has 0 bridgehead atoms. The third-order valence-corrected chi connectivity index (χ3v) is 3.45. The smallest absolute Gasteiger partial charge is 0.303 e. The van der Waals surface area contributed by atoms with Crippen molar-refractivity contribution in [3.05, 3.63) is 0 Å². The van der Waals surface area contributed by atoms with Crippen molar-refractivity contribution in [2.75, 3.05) is 13.2 Å². The standard InChI is InChI=1S/C16H30O4/c1-14(13-17)8-4-6-10-20-11-7-5-9-16(2,3)12-15(18)19/h13-14H,4-12H2,1-3H3,(H,18,19). The average Bonchev–Trinajstić information content (AvgIpc) is 2.34. The molecule has 0 fully saturated rings. The second-order valence-corrected chi connectivity index (χ2v) is 6.41. The lowest BCUT2D eigenvalue weighted by atomic mass is 9.84. The maximum atomic E-state index is 10.7. The van der Waals surface area contributed by atoms with Gasteiger partial charge in [-0.3, -0.25) is 4.79 Å². The van der Waals surface area contributed by atoms with Gasteiger partial charge in [-0.2, -0.15) is 0 Å². The molecule has 118 valence electrons. The van der Waals surface area contributed by atoms with Gasteiger partial charge >= 0.3 is 5.97 Å². The van der Waals surface area contributed by atoms with Crippen LogP contribution in [0.25, 0.3) is 0 Å². The fourth-order valence-electron chi connectivity index (χ4n) is 2.15. The number of carbonyl (C=O) groups is 2.